The van der Waals surface area contributed by atoms with Crippen molar-refractivity contribution < 1.29 is 19.4 Å². The number of para-hydroxylation sites is 1. The maximum absolute atomic E-state index is 11.0. The van der Waals surface area contributed by atoms with E-state index in [9.17, 15) is 4.79 Å². The number of ether oxygens (including phenoxy) is 2. The quantitative estimate of drug-likeness (QED) is 0.806. The average Bonchev–Trinajstić information content (AvgIpc) is 2.72. The summed E-state index contributed by atoms with van der Waals surface area (Å²) in [5.74, 6) is -0.510. The van der Waals surface area contributed by atoms with Gasteiger partial charge in [-0.05, 0) is 25.0 Å². The molecule has 0 spiro atoms. The van der Waals surface area contributed by atoms with E-state index in [0.717, 1.165) is 45.7 Å². The summed E-state index contributed by atoms with van der Waals surface area (Å²) in [6, 6.07) is 6.74. The molecule has 1 fully saturated rings. The van der Waals surface area contributed by atoms with E-state index in [1.165, 1.54) is 0 Å². The molecule has 0 aliphatic carbocycles. The number of aromatic carboxylic acids is 1. The first kappa shape index (κ1) is 14.8. The van der Waals surface area contributed by atoms with Gasteiger partial charge < -0.3 is 19.5 Å². The molecular weight excluding hydrogens is 258 g/mol. The third-order valence-corrected chi connectivity index (χ3v) is 3.31. The number of carboxylic acids is 1. The van der Waals surface area contributed by atoms with E-state index in [1.54, 1.807) is 24.3 Å². The highest BCUT2D eigenvalue weighted by molar-refractivity contribution is 5.90. The first-order chi connectivity index (χ1) is 9.77. The van der Waals surface area contributed by atoms with Gasteiger partial charge in [0, 0.05) is 26.2 Å². The minimum absolute atomic E-state index is 0.218. The summed E-state index contributed by atoms with van der Waals surface area (Å²) in [5.41, 5.74) is 0.218. The van der Waals surface area contributed by atoms with Crippen molar-refractivity contribution >= 4 is 5.97 Å². The van der Waals surface area contributed by atoms with Crippen LogP contribution < -0.4 is 4.74 Å². The predicted molar refractivity (Wildman–Crippen MR) is 75.4 cm³/mol. The summed E-state index contributed by atoms with van der Waals surface area (Å²) < 4.78 is 11.0. The van der Waals surface area contributed by atoms with Gasteiger partial charge in [0.2, 0.25) is 0 Å². The second-order valence-electron chi connectivity index (χ2n) is 4.81. The molecular formula is C15H21NO4. The van der Waals surface area contributed by atoms with Gasteiger partial charge in [0.05, 0.1) is 13.2 Å². The molecule has 5 nitrogen and oxygen atoms in total. The van der Waals surface area contributed by atoms with E-state index in [1.807, 2.05) is 0 Å². The number of carboxylic acid groups (broad SMARTS) is 1. The molecule has 0 radical (unpaired) electrons. The molecule has 1 aromatic carbocycles. The lowest BCUT2D eigenvalue weighted by atomic mass is 10.2. The van der Waals surface area contributed by atoms with Gasteiger partial charge >= 0.3 is 5.97 Å². The van der Waals surface area contributed by atoms with Crippen LogP contribution in [-0.4, -0.2) is 55.4 Å². The van der Waals surface area contributed by atoms with E-state index < -0.39 is 5.97 Å². The smallest absolute Gasteiger partial charge is 0.339 e. The molecule has 2 rings (SSSR count). The highest BCUT2D eigenvalue weighted by Crippen LogP contribution is 2.17. The van der Waals surface area contributed by atoms with Crippen molar-refractivity contribution in [2.24, 2.45) is 0 Å². The van der Waals surface area contributed by atoms with Crippen LogP contribution in [0.4, 0.5) is 0 Å². The lowest BCUT2D eigenvalue weighted by molar-refractivity contribution is 0.0692. The molecule has 0 saturated carbocycles. The second-order valence-corrected chi connectivity index (χ2v) is 4.81. The average molecular weight is 279 g/mol. The summed E-state index contributed by atoms with van der Waals surface area (Å²) in [6.45, 7) is 5.15. The normalized spacial score (nSPS) is 16.6. The van der Waals surface area contributed by atoms with E-state index in [-0.39, 0.29) is 5.56 Å². The Labute approximate surface area is 119 Å². The van der Waals surface area contributed by atoms with E-state index in [0.29, 0.717) is 12.4 Å². The molecule has 1 saturated heterocycles. The standard InChI is InChI=1S/C15H21NO4/c17-15(18)13-5-1-2-6-14(13)20-11-4-8-16-7-3-10-19-12-9-16/h1-2,5-6H,3-4,7-12H2,(H,17,18). The molecule has 1 heterocycles. The molecule has 1 aliphatic heterocycles. The van der Waals surface area contributed by atoms with Crippen LogP contribution in [0, 0.1) is 0 Å². The van der Waals surface area contributed by atoms with E-state index in [2.05, 4.69) is 4.90 Å². The van der Waals surface area contributed by atoms with Gasteiger partial charge in [-0.1, -0.05) is 12.1 Å². The van der Waals surface area contributed by atoms with Gasteiger partial charge in [0.25, 0.3) is 0 Å². The lowest BCUT2D eigenvalue weighted by Gasteiger charge is -2.19. The van der Waals surface area contributed by atoms with E-state index in [4.69, 9.17) is 14.6 Å². The van der Waals surface area contributed by atoms with Crippen molar-refractivity contribution in [1.29, 1.82) is 0 Å². The Morgan fingerprint density at radius 1 is 1.30 bits per heavy atom. The van der Waals surface area contributed by atoms with Crippen molar-refractivity contribution in [2.75, 3.05) is 39.5 Å². The molecule has 0 aromatic heterocycles. The van der Waals surface area contributed by atoms with Crippen molar-refractivity contribution in [1.82, 2.24) is 4.90 Å². The zero-order valence-corrected chi connectivity index (χ0v) is 11.6. The summed E-state index contributed by atoms with van der Waals surface area (Å²) >= 11 is 0. The lowest BCUT2D eigenvalue weighted by Crippen LogP contribution is -2.28. The summed E-state index contributed by atoms with van der Waals surface area (Å²) in [6.07, 6.45) is 1.96. The van der Waals surface area contributed by atoms with Crippen molar-refractivity contribution in [3.05, 3.63) is 29.8 Å². The fourth-order valence-electron chi connectivity index (χ4n) is 2.26. The van der Waals surface area contributed by atoms with Gasteiger partial charge in [0.15, 0.2) is 0 Å². The van der Waals surface area contributed by atoms with Crippen LogP contribution in [0.1, 0.15) is 23.2 Å². The largest absolute Gasteiger partial charge is 0.493 e. The van der Waals surface area contributed by atoms with E-state index >= 15 is 0 Å². The fraction of sp³-hybridized carbons (Fsp3) is 0.533. The van der Waals surface area contributed by atoms with Crippen LogP contribution in [-0.2, 0) is 4.74 Å². The number of benzene rings is 1. The zero-order chi connectivity index (χ0) is 14.2. The number of carbonyl (C=O) groups is 1. The molecule has 110 valence electrons. The third-order valence-electron chi connectivity index (χ3n) is 3.31. The van der Waals surface area contributed by atoms with Crippen molar-refractivity contribution in [3.8, 4) is 5.75 Å². The molecule has 5 heteroatoms. The minimum Gasteiger partial charge on any atom is -0.493 e. The summed E-state index contributed by atoms with van der Waals surface area (Å²) in [5, 5.41) is 9.06. The number of hydrogen-bond donors (Lipinski definition) is 1. The highest BCUT2D eigenvalue weighted by atomic mass is 16.5. The topological polar surface area (TPSA) is 59.0 Å². The summed E-state index contributed by atoms with van der Waals surface area (Å²) in [7, 11) is 0. The van der Waals surface area contributed by atoms with Crippen molar-refractivity contribution in [2.45, 2.75) is 12.8 Å². The maximum Gasteiger partial charge on any atom is 0.339 e. The molecule has 0 amide bonds. The Hall–Kier alpha value is -1.59. The van der Waals surface area contributed by atoms with Crippen LogP contribution in [0.2, 0.25) is 0 Å². The maximum atomic E-state index is 11.0. The fourth-order valence-corrected chi connectivity index (χ4v) is 2.26. The van der Waals surface area contributed by atoms with Gasteiger partial charge in [-0.15, -0.1) is 0 Å². The molecule has 0 unspecified atom stereocenters. The van der Waals surface area contributed by atoms with Gasteiger partial charge in [0.1, 0.15) is 11.3 Å². The van der Waals surface area contributed by atoms with Crippen molar-refractivity contribution in [3.63, 3.8) is 0 Å². The molecule has 20 heavy (non-hydrogen) atoms. The predicted octanol–water partition coefficient (Wildman–Crippen LogP) is 1.88. The number of nitrogens with zero attached hydrogens (tertiary/aromatic N) is 1. The molecule has 1 N–H and O–H groups in total. The van der Waals surface area contributed by atoms with Crippen LogP contribution in [0.15, 0.2) is 24.3 Å². The Kier molecular flexibility index (Phi) is 5.83. The van der Waals surface area contributed by atoms with Crippen LogP contribution in [0.25, 0.3) is 0 Å². The Morgan fingerprint density at radius 3 is 3.00 bits per heavy atom. The summed E-state index contributed by atoms with van der Waals surface area (Å²) in [4.78, 5) is 13.4. The van der Waals surface area contributed by atoms with Gasteiger partial charge in [-0.2, -0.15) is 0 Å². The Morgan fingerprint density at radius 2 is 2.15 bits per heavy atom. The number of rotatable bonds is 6. The Balaban J connectivity index is 1.74. The molecule has 1 aromatic rings. The highest BCUT2D eigenvalue weighted by Gasteiger charge is 2.11. The second kappa shape index (κ2) is 7.87. The first-order valence-corrected chi connectivity index (χ1v) is 7.02. The molecule has 0 bridgehead atoms. The minimum atomic E-state index is -0.953. The molecule has 0 atom stereocenters. The first-order valence-electron chi connectivity index (χ1n) is 7.02. The Bertz CT molecular complexity index is 428. The SMILES string of the molecule is O=C(O)c1ccccc1OCCCN1CCCOCC1. The van der Waals surface area contributed by atoms with Crippen LogP contribution >= 0.6 is 0 Å². The molecule has 1 aliphatic rings. The number of hydrogen-bond acceptors (Lipinski definition) is 4. The third kappa shape index (κ3) is 4.51. The van der Waals surface area contributed by atoms with Crippen LogP contribution in [0.5, 0.6) is 5.75 Å². The van der Waals surface area contributed by atoms with Crippen LogP contribution in [0.3, 0.4) is 0 Å². The van der Waals surface area contributed by atoms with Gasteiger partial charge in [-0.25, -0.2) is 4.79 Å². The monoisotopic (exact) mass is 279 g/mol. The zero-order valence-electron chi connectivity index (χ0n) is 11.6. The van der Waals surface area contributed by atoms with Gasteiger partial charge in [-0.3, -0.25) is 0 Å².